The van der Waals surface area contributed by atoms with Crippen molar-refractivity contribution < 1.29 is 13.9 Å². The molecule has 1 aliphatic rings. The van der Waals surface area contributed by atoms with Gasteiger partial charge in [0.1, 0.15) is 5.82 Å². The van der Waals surface area contributed by atoms with Crippen molar-refractivity contribution in [1.82, 2.24) is 4.90 Å². The van der Waals surface area contributed by atoms with Crippen LogP contribution in [0.25, 0.3) is 0 Å². The van der Waals surface area contributed by atoms with Crippen molar-refractivity contribution in [3.05, 3.63) is 29.6 Å². The van der Waals surface area contributed by atoms with E-state index < -0.39 is 5.82 Å². The van der Waals surface area contributed by atoms with Gasteiger partial charge in [-0.1, -0.05) is 0 Å². The summed E-state index contributed by atoms with van der Waals surface area (Å²) in [5, 5.41) is 0. The van der Waals surface area contributed by atoms with E-state index in [0.717, 1.165) is 13.0 Å². The van der Waals surface area contributed by atoms with Gasteiger partial charge in [-0.25, -0.2) is 4.39 Å². The first kappa shape index (κ1) is 13.8. The van der Waals surface area contributed by atoms with Crippen LogP contribution in [-0.4, -0.2) is 37.1 Å². The maximum atomic E-state index is 13.7. The Morgan fingerprint density at radius 2 is 2.37 bits per heavy atom. The Balaban J connectivity index is 2.12. The number of nitrogen functional groups attached to an aromatic ring is 1. The summed E-state index contributed by atoms with van der Waals surface area (Å²) >= 11 is 0. The van der Waals surface area contributed by atoms with Gasteiger partial charge in [0.15, 0.2) is 0 Å². The fraction of sp³-hybridized carbons (Fsp3) is 0.500. The number of benzene rings is 1. The van der Waals surface area contributed by atoms with Crippen LogP contribution in [0.2, 0.25) is 0 Å². The molecule has 1 fully saturated rings. The maximum absolute atomic E-state index is 13.7. The molecule has 1 unspecified atom stereocenters. The van der Waals surface area contributed by atoms with E-state index in [2.05, 4.69) is 0 Å². The lowest BCUT2D eigenvalue weighted by Gasteiger charge is -2.24. The zero-order valence-electron chi connectivity index (χ0n) is 11.1. The summed E-state index contributed by atoms with van der Waals surface area (Å²) in [6, 6.07) is 4.08. The van der Waals surface area contributed by atoms with E-state index in [4.69, 9.17) is 10.5 Å². The minimum absolute atomic E-state index is 0.0424. The van der Waals surface area contributed by atoms with Crippen LogP contribution >= 0.6 is 0 Å². The summed E-state index contributed by atoms with van der Waals surface area (Å²) in [5.41, 5.74) is 6.05. The molecule has 2 rings (SSSR count). The zero-order chi connectivity index (χ0) is 13.8. The number of carbonyl (C=O) groups is 1. The number of nitrogens with two attached hydrogens (primary N) is 1. The average molecular weight is 266 g/mol. The molecule has 1 saturated heterocycles. The topological polar surface area (TPSA) is 55.6 Å². The standard InChI is InChI=1S/C14H19FN2O2/c1-2-17(8-10-5-6-19-9-10)14(18)12-7-11(16)3-4-13(12)15/h3-4,7,10H,2,5-6,8-9,16H2,1H3. The fourth-order valence-corrected chi connectivity index (χ4v) is 2.27. The van der Waals surface area contributed by atoms with E-state index in [9.17, 15) is 9.18 Å². The third-order valence-corrected chi connectivity index (χ3v) is 3.39. The minimum atomic E-state index is -0.527. The normalized spacial score (nSPS) is 18.5. The van der Waals surface area contributed by atoms with Crippen LogP contribution in [-0.2, 0) is 4.74 Å². The van der Waals surface area contributed by atoms with Crippen LogP contribution in [0, 0.1) is 11.7 Å². The molecule has 1 amide bonds. The van der Waals surface area contributed by atoms with Crippen LogP contribution in [0.4, 0.5) is 10.1 Å². The van der Waals surface area contributed by atoms with Crippen molar-refractivity contribution in [1.29, 1.82) is 0 Å². The quantitative estimate of drug-likeness (QED) is 0.847. The summed E-state index contributed by atoms with van der Waals surface area (Å²) in [4.78, 5) is 14.0. The van der Waals surface area contributed by atoms with Gasteiger partial charge < -0.3 is 15.4 Å². The molecule has 0 bridgehead atoms. The summed E-state index contributed by atoms with van der Waals surface area (Å²) in [6.07, 6.45) is 0.948. The molecule has 0 saturated carbocycles. The Labute approximate surface area is 112 Å². The van der Waals surface area contributed by atoms with Crippen molar-refractivity contribution in [3.63, 3.8) is 0 Å². The lowest BCUT2D eigenvalue weighted by atomic mass is 10.1. The highest BCUT2D eigenvalue weighted by atomic mass is 19.1. The molecule has 1 heterocycles. The molecule has 4 nitrogen and oxygen atoms in total. The van der Waals surface area contributed by atoms with Crippen molar-refractivity contribution in [3.8, 4) is 0 Å². The van der Waals surface area contributed by atoms with Crippen molar-refractivity contribution in [2.75, 3.05) is 32.0 Å². The summed E-state index contributed by atoms with van der Waals surface area (Å²) < 4.78 is 19.0. The molecule has 0 radical (unpaired) electrons. The molecule has 104 valence electrons. The first-order valence-electron chi connectivity index (χ1n) is 6.54. The smallest absolute Gasteiger partial charge is 0.256 e. The highest BCUT2D eigenvalue weighted by Gasteiger charge is 2.24. The molecular formula is C14H19FN2O2. The van der Waals surface area contributed by atoms with Crippen LogP contribution in [0.15, 0.2) is 18.2 Å². The predicted molar refractivity (Wildman–Crippen MR) is 71.3 cm³/mol. The number of anilines is 1. The molecule has 5 heteroatoms. The van der Waals surface area contributed by atoms with Gasteiger partial charge in [0.05, 0.1) is 12.2 Å². The summed E-state index contributed by atoms with van der Waals surface area (Å²) in [6.45, 7) is 4.44. The molecule has 1 atom stereocenters. The van der Waals surface area contributed by atoms with E-state index in [-0.39, 0.29) is 11.5 Å². The second kappa shape index (κ2) is 6.02. The van der Waals surface area contributed by atoms with Crippen LogP contribution in [0.5, 0.6) is 0 Å². The first-order chi connectivity index (χ1) is 9.11. The van der Waals surface area contributed by atoms with Gasteiger partial charge >= 0.3 is 0 Å². The largest absolute Gasteiger partial charge is 0.399 e. The Bertz CT molecular complexity index is 459. The van der Waals surface area contributed by atoms with Gasteiger partial charge in [-0.2, -0.15) is 0 Å². The van der Waals surface area contributed by atoms with E-state index in [1.54, 1.807) is 4.90 Å². The molecule has 0 spiro atoms. The molecule has 19 heavy (non-hydrogen) atoms. The molecule has 2 N–H and O–H groups in total. The number of amides is 1. The number of hydrogen-bond donors (Lipinski definition) is 1. The lowest BCUT2D eigenvalue weighted by molar-refractivity contribution is 0.0726. The third kappa shape index (κ3) is 3.23. The Morgan fingerprint density at radius 3 is 3.00 bits per heavy atom. The number of carbonyl (C=O) groups excluding carboxylic acids is 1. The number of rotatable bonds is 4. The van der Waals surface area contributed by atoms with Gasteiger partial charge in [0.25, 0.3) is 5.91 Å². The highest BCUT2D eigenvalue weighted by Crippen LogP contribution is 2.18. The predicted octanol–water partition coefficient (Wildman–Crippen LogP) is 1.91. The monoisotopic (exact) mass is 266 g/mol. The van der Waals surface area contributed by atoms with Crippen LogP contribution in [0.3, 0.4) is 0 Å². The molecule has 1 aliphatic heterocycles. The van der Waals surface area contributed by atoms with Crippen LogP contribution < -0.4 is 5.73 Å². The Hall–Kier alpha value is -1.62. The Morgan fingerprint density at radius 1 is 1.58 bits per heavy atom. The minimum Gasteiger partial charge on any atom is -0.399 e. The zero-order valence-corrected chi connectivity index (χ0v) is 11.1. The first-order valence-corrected chi connectivity index (χ1v) is 6.54. The van der Waals surface area contributed by atoms with Crippen molar-refractivity contribution in [2.24, 2.45) is 5.92 Å². The van der Waals surface area contributed by atoms with E-state index in [1.807, 2.05) is 6.92 Å². The SMILES string of the molecule is CCN(CC1CCOC1)C(=O)c1cc(N)ccc1F. The number of ether oxygens (including phenoxy) is 1. The van der Waals surface area contributed by atoms with E-state index in [1.165, 1.54) is 18.2 Å². The summed E-state index contributed by atoms with van der Waals surface area (Å²) in [5.74, 6) is -0.493. The van der Waals surface area contributed by atoms with E-state index in [0.29, 0.717) is 31.3 Å². The fourth-order valence-electron chi connectivity index (χ4n) is 2.27. The second-order valence-corrected chi connectivity index (χ2v) is 4.81. The van der Waals surface area contributed by atoms with Gasteiger partial charge in [-0.3, -0.25) is 4.79 Å². The van der Waals surface area contributed by atoms with Gasteiger partial charge in [-0.15, -0.1) is 0 Å². The second-order valence-electron chi connectivity index (χ2n) is 4.81. The highest BCUT2D eigenvalue weighted by molar-refractivity contribution is 5.95. The van der Waals surface area contributed by atoms with Gasteiger partial charge in [0, 0.05) is 31.3 Å². The lowest BCUT2D eigenvalue weighted by Crippen LogP contribution is -2.36. The van der Waals surface area contributed by atoms with Gasteiger partial charge in [-0.05, 0) is 31.5 Å². The van der Waals surface area contributed by atoms with Gasteiger partial charge in [0.2, 0.25) is 0 Å². The number of halogens is 1. The molecule has 1 aromatic carbocycles. The third-order valence-electron chi connectivity index (χ3n) is 3.39. The maximum Gasteiger partial charge on any atom is 0.256 e. The van der Waals surface area contributed by atoms with E-state index >= 15 is 0 Å². The Kier molecular flexibility index (Phi) is 4.37. The van der Waals surface area contributed by atoms with Crippen LogP contribution in [0.1, 0.15) is 23.7 Å². The number of nitrogens with zero attached hydrogens (tertiary/aromatic N) is 1. The van der Waals surface area contributed by atoms with Crippen molar-refractivity contribution in [2.45, 2.75) is 13.3 Å². The molecule has 0 aromatic heterocycles. The molecule has 0 aliphatic carbocycles. The number of hydrogen-bond acceptors (Lipinski definition) is 3. The molecular weight excluding hydrogens is 247 g/mol. The average Bonchev–Trinajstić information content (AvgIpc) is 2.91. The van der Waals surface area contributed by atoms with Crippen molar-refractivity contribution >= 4 is 11.6 Å². The molecule has 1 aromatic rings. The summed E-state index contributed by atoms with van der Waals surface area (Å²) in [7, 11) is 0.